The molecule has 0 saturated carbocycles. The van der Waals surface area contributed by atoms with Gasteiger partial charge in [0.2, 0.25) is 0 Å². The number of fused-ring (bicyclic) bond motifs is 1. The van der Waals surface area contributed by atoms with Crippen molar-refractivity contribution in [2.75, 3.05) is 5.32 Å². The predicted molar refractivity (Wildman–Crippen MR) is 85.2 cm³/mol. The molecule has 0 unspecified atom stereocenters. The van der Waals surface area contributed by atoms with Crippen LogP contribution < -0.4 is 5.32 Å². The van der Waals surface area contributed by atoms with E-state index in [1.54, 1.807) is 18.3 Å². The first-order valence-electron chi connectivity index (χ1n) is 6.54. The van der Waals surface area contributed by atoms with E-state index in [0.29, 0.717) is 17.1 Å². The largest absolute Gasteiger partial charge is 0.381 e. The van der Waals surface area contributed by atoms with Crippen LogP contribution in [0, 0.1) is 11.3 Å². The van der Waals surface area contributed by atoms with Crippen molar-refractivity contribution in [3.8, 4) is 6.07 Å². The number of nitrogens with one attached hydrogen (secondary N) is 1. The Balaban J connectivity index is 1.86. The van der Waals surface area contributed by atoms with Crippen molar-refractivity contribution in [1.82, 2.24) is 4.98 Å². The van der Waals surface area contributed by atoms with Crippen LogP contribution in [0.25, 0.3) is 10.9 Å². The van der Waals surface area contributed by atoms with Crippen LogP contribution in [-0.4, -0.2) is 4.98 Å². The lowest BCUT2D eigenvalue weighted by molar-refractivity contribution is 1.15. The van der Waals surface area contributed by atoms with E-state index in [4.69, 9.17) is 16.9 Å². The Morgan fingerprint density at radius 3 is 2.86 bits per heavy atom. The fraction of sp³-hybridized carbons (Fsp3) is 0.0588. The van der Waals surface area contributed by atoms with Crippen molar-refractivity contribution in [2.24, 2.45) is 0 Å². The maximum absolute atomic E-state index is 9.00. The Hall–Kier alpha value is -2.57. The van der Waals surface area contributed by atoms with Crippen LogP contribution in [0.3, 0.4) is 0 Å². The van der Waals surface area contributed by atoms with Crippen LogP contribution in [0.1, 0.15) is 11.1 Å². The van der Waals surface area contributed by atoms with Crippen molar-refractivity contribution in [1.29, 1.82) is 5.26 Å². The second-order valence-electron chi connectivity index (χ2n) is 4.65. The summed E-state index contributed by atoms with van der Waals surface area (Å²) >= 11 is 5.93. The molecule has 102 valence electrons. The molecule has 4 heteroatoms. The molecule has 0 aliphatic rings. The van der Waals surface area contributed by atoms with E-state index in [1.807, 2.05) is 36.4 Å². The number of pyridine rings is 1. The van der Waals surface area contributed by atoms with Crippen LogP contribution in [-0.2, 0) is 6.54 Å². The molecule has 21 heavy (non-hydrogen) atoms. The lowest BCUT2D eigenvalue weighted by atomic mass is 10.1. The molecule has 3 rings (SSSR count). The van der Waals surface area contributed by atoms with E-state index >= 15 is 0 Å². The monoisotopic (exact) mass is 293 g/mol. The molecule has 3 aromatic rings. The highest BCUT2D eigenvalue weighted by Gasteiger charge is 2.04. The fourth-order valence-corrected chi connectivity index (χ4v) is 2.39. The minimum Gasteiger partial charge on any atom is -0.381 e. The lowest BCUT2D eigenvalue weighted by Gasteiger charge is -2.09. The Kier molecular flexibility index (Phi) is 3.72. The summed E-state index contributed by atoms with van der Waals surface area (Å²) in [6.07, 6.45) is 1.79. The van der Waals surface area contributed by atoms with E-state index in [-0.39, 0.29) is 0 Å². The van der Waals surface area contributed by atoms with Crippen LogP contribution in [0.15, 0.2) is 54.7 Å². The smallest absolute Gasteiger partial charge is 0.101 e. The third-order valence-corrected chi connectivity index (χ3v) is 3.62. The van der Waals surface area contributed by atoms with Gasteiger partial charge in [-0.3, -0.25) is 4.98 Å². The molecular formula is C17H12ClN3. The molecule has 0 radical (unpaired) electrons. The molecule has 1 heterocycles. The van der Waals surface area contributed by atoms with Gasteiger partial charge in [0.1, 0.15) is 6.07 Å². The molecule has 0 aliphatic carbocycles. The standard InChI is InChI=1S/C17H12ClN3/c18-16-7-6-15(9-14(16)10-19)21-11-13-4-1-3-12-5-2-8-20-17(12)13/h1-9,21H,11H2. The number of para-hydroxylation sites is 1. The van der Waals surface area contributed by atoms with E-state index in [1.165, 1.54) is 0 Å². The fourth-order valence-electron chi connectivity index (χ4n) is 2.23. The third kappa shape index (κ3) is 2.81. The number of benzene rings is 2. The Labute approximate surface area is 127 Å². The summed E-state index contributed by atoms with van der Waals surface area (Å²) < 4.78 is 0. The van der Waals surface area contributed by atoms with Crippen LogP contribution in [0.2, 0.25) is 5.02 Å². The summed E-state index contributed by atoms with van der Waals surface area (Å²) in [5.41, 5.74) is 3.44. The second kappa shape index (κ2) is 5.82. The predicted octanol–water partition coefficient (Wildman–Crippen LogP) is 4.37. The van der Waals surface area contributed by atoms with E-state index in [0.717, 1.165) is 22.2 Å². The number of nitrogens with zero attached hydrogens (tertiary/aromatic N) is 2. The van der Waals surface area contributed by atoms with Gasteiger partial charge in [0.05, 0.1) is 16.1 Å². The van der Waals surface area contributed by atoms with Crippen molar-refractivity contribution in [3.63, 3.8) is 0 Å². The van der Waals surface area contributed by atoms with Crippen LogP contribution in [0.4, 0.5) is 5.69 Å². The molecule has 0 spiro atoms. The van der Waals surface area contributed by atoms with E-state index < -0.39 is 0 Å². The van der Waals surface area contributed by atoms with Crippen molar-refractivity contribution in [3.05, 3.63) is 70.9 Å². The van der Waals surface area contributed by atoms with Gasteiger partial charge in [0, 0.05) is 23.8 Å². The molecule has 1 aromatic heterocycles. The van der Waals surface area contributed by atoms with Gasteiger partial charge in [-0.25, -0.2) is 0 Å². The molecule has 1 N–H and O–H groups in total. The summed E-state index contributed by atoms with van der Waals surface area (Å²) in [5, 5.41) is 13.9. The minimum absolute atomic E-state index is 0.467. The molecule has 0 fully saturated rings. The Morgan fingerprint density at radius 1 is 1.14 bits per heavy atom. The normalized spacial score (nSPS) is 10.3. The first-order chi connectivity index (χ1) is 10.3. The highest BCUT2D eigenvalue weighted by molar-refractivity contribution is 6.31. The lowest BCUT2D eigenvalue weighted by Crippen LogP contribution is -2.01. The van der Waals surface area contributed by atoms with Gasteiger partial charge in [0.25, 0.3) is 0 Å². The minimum atomic E-state index is 0.467. The number of hydrogen-bond acceptors (Lipinski definition) is 3. The number of hydrogen-bond donors (Lipinski definition) is 1. The van der Waals surface area contributed by atoms with Crippen LogP contribution >= 0.6 is 11.6 Å². The van der Waals surface area contributed by atoms with Crippen LogP contribution in [0.5, 0.6) is 0 Å². The van der Waals surface area contributed by atoms with Crippen molar-refractivity contribution >= 4 is 28.2 Å². The maximum Gasteiger partial charge on any atom is 0.101 e. The average molecular weight is 294 g/mol. The molecule has 0 saturated heterocycles. The zero-order valence-electron chi connectivity index (χ0n) is 11.2. The number of aromatic nitrogens is 1. The van der Waals surface area contributed by atoms with Gasteiger partial charge in [-0.05, 0) is 29.8 Å². The average Bonchev–Trinajstić information content (AvgIpc) is 2.54. The highest BCUT2D eigenvalue weighted by Crippen LogP contribution is 2.21. The zero-order valence-corrected chi connectivity index (χ0v) is 11.9. The van der Waals surface area contributed by atoms with Gasteiger partial charge >= 0.3 is 0 Å². The molecule has 0 aliphatic heterocycles. The van der Waals surface area contributed by atoms with Crippen molar-refractivity contribution in [2.45, 2.75) is 6.54 Å². The number of halogens is 1. The molecule has 0 bridgehead atoms. The van der Waals surface area contributed by atoms with E-state index in [2.05, 4.69) is 16.4 Å². The highest BCUT2D eigenvalue weighted by atomic mass is 35.5. The zero-order chi connectivity index (χ0) is 14.7. The number of anilines is 1. The summed E-state index contributed by atoms with van der Waals surface area (Å²) in [6.45, 7) is 0.640. The van der Waals surface area contributed by atoms with Gasteiger partial charge < -0.3 is 5.32 Å². The molecule has 0 atom stereocenters. The van der Waals surface area contributed by atoms with Gasteiger partial charge in [-0.1, -0.05) is 35.9 Å². The Bertz CT molecular complexity index is 832. The van der Waals surface area contributed by atoms with Gasteiger partial charge in [0.15, 0.2) is 0 Å². The first kappa shape index (κ1) is 13.4. The van der Waals surface area contributed by atoms with Gasteiger partial charge in [-0.15, -0.1) is 0 Å². The summed E-state index contributed by atoms with van der Waals surface area (Å²) in [5.74, 6) is 0. The molecular weight excluding hydrogens is 282 g/mol. The van der Waals surface area contributed by atoms with Gasteiger partial charge in [-0.2, -0.15) is 5.26 Å². The molecule has 0 amide bonds. The summed E-state index contributed by atoms with van der Waals surface area (Å²) in [7, 11) is 0. The second-order valence-corrected chi connectivity index (χ2v) is 5.06. The number of nitriles is 1. The topological polar surface area (TPSA) is 48.7 Å². The SMILES string of the molecule is N#Cc1cc(NCc2cccc3cccnc23)ccc1Cl. The van der Waals surface area contributed by atoms with E-state index in [9.17, 15) is 0 Å². The number of rotatable bonds is 3. The molecule has 2 aromatic carbocycles. The third-order valence-electron chi connectivity index (χ3n) is 3.29. The first-order valence-corrected chi connectivity index (χ1v) is 6.92. The molecule has 3 nitrogen and oxygen atoms in total. The summed E-state index contributed by atoms with van der Waals surface area (Å²) in [4.78, 5) is 4.43. The summed E-state index contributed by atoms with van der Waals surface area (Å²) in [6, 6.07) is 17.5. The Morgan fingerprint density at radius 2 is 2.00 bits per heavy atom. The maximum atomic E-state index is 9.00. The quantitative estimate of drug-likeness (QED) is 0.780. The van der Waals surface area contributed by atoms with Crippen molar-refractivity contribution < 1.29 is 0 Å².